The van der Waals surface area contributed by atoms with Crippen molar-refractivity contribution in [2.24, 2.45) is 0 Å². The Bertz CT molecular complexity index is 989. The van der Waals surface area contributed by atoms with Crippen LogP contribution in [-0.4, -0.2) is 46.6 Å². The minimum absolute atomic E-state index is 0.0633. The van der Waals surface area contributed by atoms with Crippen molar-refractivity contribution < 1.29 is 29.0 Å². The van der Waals surface area contributed by atoms with E-state index in [1.807, 2.05) is 46.8 Å². The third kappa shape index (κ3) is 8.86. The highest BCUT2D eigenvalue weighted by Gasteiger charge is 2.40. The summed E-state index contributed by atoms with van der Waals surface area (Å²) in [5, 5.41) is 10.1. The zero-order valence-corrected chi connectivity index (χ0v) is 22.1. The van der Waals surface area contributed by atoms with Crippen LogP contribution < -0.4 is 0 Å². The van der Waals surface area contributed by atoms with Gasteiger partial charge in [-0.2, -0.15) is 0 Å². The first-order chi connectivity index (χ1) is 16.3. The molecule has 6 nitrogen and oxygen atoms in total. The molecule has 0 aromatic carbocycles. The molecule has 1 fully saturated rings. The van der Waals surface area contributed by atoms with Gasteiger partial charge in [0.15, 0.2) is 11.6 Å². The average Bonchev–Trinajstić information content (AvgIpc) is 3.01. The first kappa shape index (κ1) is 28.7. The molecule has 0 saturated carbocycles. The van der Waals surface area contributed by atoms with Gasteiger partial charge in [0.25, 0.3) is 0 Å². The van der Waals surface area contributed by atoms with Gasteiger partial charge in [0.1, 0.15) is 6.10 Å². The molecule has 3 atom stereocenters. The van der Waals surface area contributed by atoms with E-state index < -0.39 is 17.8 Å². The number of hydrogen-bond acceptors (Lipinski definition) is 6. The number of allylic oxidation sites excluding steroid dienone is 7. The van der Waals surface area contributed by atoms with Crippen LogP contribution in [0.3, 0.4) is 0 Å². The van der Waals surface area contributed by atoms with Crippen LogP contribution in [0.15, 0.2) is 58.2 Å². The highest BCUT2D eigenvalue weighted by molar-refractivity contribution is 6.20. The number of rotatable bonds is 10. The Morgan fingerprint density at radius 2 is 1.86 bits per heavy atom. The summed E-state index contributed by atoms with van der Waals surface area (Å²) in [4.78, 5) is 35.6. The molecule has 0 aromatic rings. The lowest BCUT2D eigenvalue weighted by Crippen LogP contribution is -2.31. The lowest BCUT2D eigenvalue weighted by Gasteiger charge is -2.22. The van der Waals surface area contributed by atoms with E-state index in [0.29, 0.717) is 30.4 Å². The van der Waals surface area contributed by atoms with Gasteiger partial charge < -0.3 is 14.6 Å². The second kappa shape index (κ2) is 12.4. The fourth-order valence-electron chi connectivity index (χ4n) is 4.31. The summed E-state index contributed by atoms with van der Waals surface area (Å²) in [6.45, 7) is 12.8. The standard InChI is InChI=1S/C29H40O6/c1-18(9-8-10-20(3)26-17-27(32)29(6,7)35-26)13-25(34-22(5)30)14-19(2)11-12-23-16-24(31)15-21(4)28(23)33/h10-11,13,15-16,25-27,32H,8-9,12,14,17H2,1-7H3/b18-13+,19-11+,20-10+/t25-,26+,27+/m1/s1. The number of aliphatic hydroxyl groups is 1. The van der Waals surface area contributed by atoms with Crippen molar-refractivity contribution in [1.82, 2.24) is 0 Å². The fraction of sp³-hybridized carbons (Fsp3) is 0.552. The molecule has 1 saturated heterocycles. The number of aliphatic hydroxyl groups excluding tert-OH is 1. The van der Waals surface area contributed by atoms with Gasteiger partial charge >= 0.3 is 5.97 Å². The molecule has 2 rings (SSSR count). The Morgan fingerprint density at radius 3 is 2.46 bits per heavy atom. The molecule has 35 heavy (non-hydrogen) atoms. The number of esters is 1. The summed E-state index contributed by atoms with van der Waals surface area (Å²) in [5.41, 5.74) is 3.62. The van der Waals surface area contributed by atoms with Crippen molar-refractivity contribution in [1.29, 1.82) is 0 Å². The number of carbonyl (C=O) groups is 3. The molecule has 0 aromatic heterocycles. The van der Waals surface area contributed by atoms with Crippen molar-refractivity contribution in [3.05, 3.63) is 58.2 Å². The average molecular weight is 485 g/mol. The maximum Gasteiger partial charge on any atom is 0.303 e. The fourth-order valence-corrected chi connectivity index (χ4v) is 4.31. The van der Waals surface area contributed by atoms with Gasteiger partial charge in [-0.25, -0.2) is 0 Å². The van der Waals surface area contributed by atoms with Gasteiger partial charge in [0.2, 0.25) is 0 Å². The van der Waals surface area contributed by atoms with Gasteiger partial charge in [0, 0.05) is 30.9 Å². The van der Waals surface area contributed by atoms with Gasteiger partial charge in [-0.1, -0.05) is 23.3 Å². The highest BCUT2D eigenvalue weighted by atomic mass is 16.5. The molecule has 0 spiro atoms. The van der Waals surface area contributed by atoms with E-state index in [1.54, 1.807) is 6.92 Å². The molecule has 6 heteroatoms. The van der Waals surface area contributed by atoms with Crippen LogP contribution in [0.5, 0.6) is 0 Å². The van der Waals surface area contributed by atoms with E-state index in [2.05, 4.69) is 6.08 Å². The lowest BCUT2D eigenvalue weighted by molar-refractivity contribution is -0.144. The predicted octanol–water partition coefficient (Wildman–Crippen LogP) is 5.27. The molecule has 192 valence electrons. The van der Waals surface area contributed by atoms with Crippen molar-refractivity contribution in [2.75, 3.05) is 0 Å². The summed E-state index contributed by atoms with van der Waals surface area (Å²) in [6.07, 6.45) is 11.0. The zero-order valence-electron chi connectivity index (χ0n) is 22.1. The third-order valence-electron chi connectivity index (χ3n) is 6.51. The summed E-state index contributed by atoms with van der Waals surface area (Å²) >= 11 is 0. The molecular weight excluding hydrogens is 444 g/mol. The molecule has 1 aliphatic heterocycles. The second-order valence-electron chi connectivity index (χ2n) is 10.3. The van der Waals surface area contributed by atoms with Crippen LogP contribution in [0.4, 0.5) is 0 Å². The molecule has 0 bridgehead atoms. The van der Waals surface area contributed by atoms with Crippen LogP contribution in [0.25, 0.3) is 0 Å². The summed E-state index contributed by atoms with van der Waals surface area (Å²) in [5.74, 6) is -0.618. The van der Waals surface area contributed by atoms with E-state index in [9.17, 15) is 19.5 Å². The molecule has 0 radical (unpaired) electrons. The Labute approximate surface area is 209 Å². The van der Waals surface area contributed by atoms with E-state index >= 15 is 0 Å². The maximum absolute atomic E-state index is 12.3. The first-order valence-electron chi connectivity index (χ1n) is 12.3. The number of Topliss-reactive ketones (excluding diaryl/α,β-unsaturated/α-hetero) is 1. The van der Waals surface area contributed by atoms with Crippen LogP contribution in [0.1, 0.15) is 80.6 Å². The predicted molar refractivity (Wildman–Crippen MR) is 137 cm³/mol. The molecular formula is C29H40O6. The Morgan fingerprint density at radius 1 is 1.17 bits per heavy atom. The topological polar surface area (TPSA) is 89.9 Å². The van der Waals surface area contributed by atoms with E-state index in [4.69, 9.17) is 9.47 Å². The summed E-state index contributed by atoms with van der Waals surface area (Å²) < 4.78 is 11.5. The van der Waals surface area contributed by atoms with Gasteiger partial charge in [-0.15, -0.1) is 0 Å². The summed E-state index contributed by atoms with van der Waals surface area (Å²) in [6, 6.07) is 0. The van der Waals surface area contributed by atoms with Crippen molar-refractivity contribution in [2.45, 2.75) is 104 Å². The smallest absolute Gasteiger partial charge is 0.303 e. The quantitative estimate of drug-likeness (QED) is 0.258. The SMILES string of the molecule is CC(=O)O[C@H](/C=C(\C)CC/C=C(\C)[C@@H]1C[C@H](O)C(C)(C)O1)C/C(C)=C/CC1=CC(=O)C=C(C)C1=O. The maximum atomic E-state index is 12.3. The first-order valence-corrected chi connectivity index (χ1v) is 12.3. The van der Waals surface area contributed by atoms with Gasteiger partial charge in [-0.05, 0) is 84.6 Å². The number of ketones is 2. The Kier molecular flexibility index (Phi) is 10.2. The van der Waals surface area contributed by atoms with Crippen LogP contribution >= 0.6 is 0 Å². The van der Waals surface area contributed by atoms with E-state index in [0.717, 1.165) is 29.6 Å². The van der Waals surface area contributed by atoms with Crippen molar-refractivity contribution >= 4 is 17.5 Å². The van der Waals surface area contributed by atoms with Gasteiger partial charge in [-0.3, -0.25) is 14.4 Å². The van der Waals surface area contributed by atoms with E-state index in [-0.39, 0.29) is 23.6 Å². The minimum Gasteiger partial charge on any atom is -0.458 e. The number of carbonyl (C=O) groups excluding carboxylic acids is 3. The van der Waals surface area contributed by atoms with Crippen LogP contribution in [0.2, 0.25) is 0 Å². The molecule has 1 aliphatic carbocycles. The molecule has 2 aliphatic rings. The molecule has 0 amide bonds. The monoisotopic (exact) mass is 484 g/mol. The van der Waals surface area contributed by atoms with Crippen molar-refractivity contribution in [3.8, 4) is 0 Å². The highest BCUT2D eigenvalue weighted by Crippen LogP contribution is 2.33. The molecule has 0 unspecified atom stereocenters. The third-order valence-corrected chi connectivity index (χ3v) is 6.51. The van der Waals surface area contributed by atoms with Gasteiger partial charge in [0.05, 0.1) is 17.8 Å². The minimum atomic E-state index is -0.524. The number of ether oxygens (including phenoxy) is 2. The van der Waals surface area contributed by atoms with Crippen LogP contribution in [0, 0.1) is 0 Å². The lowest BCUT2D eigenvalue weighted by atomic mass is 9.93. The van der Waals surface area contributed by atoms with Crippen molar-refractivity contribution in [3.63, 3.8) is 0 Å². The van der Waals surface area contributed by atoms with Crippen LogP contribution in [-0.2, 0) is 23.9 Å². The summed E-state index contributed by atoms with van der Waals surface area (Å²) in [7, 11) is 0. The largest absolute Gasteiger partial charge is 0.458 e. The molecule has 1 heterocycles. The van der Waals surface area contributed by atoms with E-state index in [1.165, 1.54) is 19.1 Å². The zero-order chi connectivity index (χ0) is 26.3. The molecule has 1 N–H and O–H groups in total. The second-order valence-corrected chi connectivity index (χ2v) is 10.3. The Hall–Kier alpha value is -2.57. The number of hydrogen-bond donors (Lipinski definition) is 1. The Balaban J connectivity index is 1.96. The normalized spacial score (nSPS) is 24.3.